The molecule has 0 atom stereocenters. The van der Waals surface area contributed by atoms with Gasteiger partial charge in [-0.2, -0.15) is 0 Å². The van der Waals surface area contributed by atoms with Gasteiger partial charge in [0, 0.05) is 25.7 Å². The fraction of sp³-hybridized carbons (Fsp3) is 0.235. The Kier molecular flexibility index (Phi) is 6.05. The van der Waals surface area contributed by atoms with Gasteiger partial charge in [-0.25, -0.2) is 17.1 Å². The van der Waals surface area contributed by atoms with Gasteiger partial charge in [0.2, 0.25) is 15.9 Å². The molecule has 2 aromatic carbocycles. The molecule has 0 bridgehead atoms. The van der Waals surface area contributed by atoms with Crippen LogP contribution in [-0.4, -0.2) is 31.4 Å². The number of nitrogens with zero attached hydrogens (tertiary/aromatic N) is 1. The SMILES string of the molecule is CN(Cc1ccccc1)S(=O)(=O)CCC(=O)Nc1cccc(F)c1. The van der Waals surface area contributed by atoms with Crippen LogP contribution in [0.15, 0.2) is 54.6 Å². The van der Waals surface area contributed by atoms with Crippen molar-refractivity contribution in [1.82, 2.24) is 4.31 Å². The summed E-state index contributed by atoms with van der Waals surface area (Å²) in [5.74, 6) is -1.25. The van der Waals surface area contributed by atoms with Crippen LogP contribution in [0.4, 0.5) is 10.1 Å². The Morgan fingerprint density at radius 2 is 1.83 bits per heavy atom. The van der Waals surface area contributed by atoms with Gasteiger partial charge in [-0.3, -0.25) is 4.79 Å². The van der Waals surface area contributed by atoms with Gasteiger partial charge < -0.3 is 5.32 Å². The summed E-state index contributed by atoms with van der Waals surface area (Å²) in [7, 11) is -2.08. The molecule has 1 amide bonds. The topological polar surface area (TPSA) is 66.5 Å². The molecule has 0 radical (unpaired) electrons. The van der Waals surface area contributed by atoms with E-state index in [2.05, 4.69) is 5.32 Å². The Balaban J connectivity index is 1.88. The number of anilines is 1. The molecular weight excluding hydrogens is 331 g/mol. The van der Waals surface area contributed by atoms with E-state index in [1.165, 1.54) is 35.6 Å². The van der Waals surface area contributed by atoms with Crippen LogP contribution in [0.5, 0.6) is 0 Å². The second-order valence-corrected chi connectivity index (χ2v) is 7.56. The summed E-state index contributed by atoms with van der Waals surface area (Å²) in [6.07, 6.45) is -0.196. The van der Waals surface area contributed by atoms with Crippen molar-refractivity contribution in [1.29, 1.82) is 0 Å². The summed E-state index contributed by atoms with van der Waals surface area (Å²) in [4.78, 5) is 11.8. The van der Waals surface area contributed by atoms with E-state index in [0.29, 0.717) is 5.69 Å². The van der Waals surface area contributed by atoms with Gasteiger partial charge in [0.15, 0.2) is 0 Å². The minimum atomic E-state index is -3.56. The normalized spacial score (nSPS) is 11.5. The summed E-state index contributed by atoms with van der Waals surface area (Å²) in [6, 6.07) is 14.6. The number of carbonyl (C=O) groups excluding carboxylic acids is 1. The Morgan fingerprint density at radius 1 is 1.12 bits per heavy atom. The third-order valence-corrected chi connectivity index (χ3v) is 5.22. The highest BCUT2D eigenvalue weighted by Crippen LogP contribution is 2.11. The molecule has 7 heteroatoms. The van der Waals surface area contributed by atoms with Crippen molar-refractivity contribution >= 4 is 21.6 Å². The number of benzene rings is 2. The van der Waals surface area contributed by atoms with Gasteiger partial charge in [-0.05, 0) is 23.8 Å². The minimum absolute atomic E-state index is 0.196. The maximum absolute atomic E-state index is 13.1. The zero-order valence-corrected chi connectivity index (χ0v) is 14.1. The van der Waals surface area contributed by atoms with E-state index in [9.17, 15) is 17.6 Å². The molecule has 128 valence electrons. The Labute approximate surface area is 141 Å². The van der Waals surface area contributed by atoms with Gasteiger partial charge in [0.25, 0.3) is 0 Å². The van der Waals surface area contributed by atoms with Crippen LogP contribution < -0.4 is 5.32 Å². The Morgan fingerprint density at radius 3 is 2.50 bits per heavy atom. The number of rotatable bonds is 7. The molecule has 0 spiro atoms. The second-order valence-electron chi connectivity index (χ2n) is 5.37. The maximum Gasteiger partial charge on any atom is 0.225 e. The van der Waals surface area contributed by atoms with Gasteiger partial charge in [-0.15, -0.1) is 0 Å². The first-order valence-electron chi connectivity index (χ1n) is 7.40. The molecule has 2 rings (SSSR count). The molecule has 5 nitrogen and oxygen atoms in total. The number of sulfonamides is 1. The maximum atomic E-state index is 13.1. The zero-order chi connectivity index (χ0) is 17.6. The molecule has 0 saturated carbocycles. The molecule has 2 aromatic rings. The summed E-state index contributed by atoms with van der Waals surface area (Å²) in [6.45, 7) is 0.245. The molecule has 0 aliphatic carbocycles. The van der Waals surface area contributed by atoms with Crippen LogP contribution in [0.3, 0.4) is 0 Å². The van der Waals surface area contributed by atoms with E-state index in [0.717, 1.165) is 5.56 Å². The third-order valence-electron chi connectivity index (χ3n) is 3.42. The predicted molar refractivity (Wildman–Crippen MR) is 91.3 cm³/mol. The zero-order valence-electron chi connectivity index (χ0n) is 13.3. The molecule has 0 aliphatic heterocycles. The fourth-order valence-corrected chi connectivity index (χ4v) is 3.21. The number of hydrogen-bond donors (Lipinski definition) is 1. The summed E-state index contributed by atoms with van der Waals surface area (Å²) in [5.41, 5.74) is 1.17. The van der Waals surface area contributed by atoms with Crippen molar-refractivity contribution in [3.63, 3.8) is 0 Å². The molecule has 0 aliphatic rings. The smallest absolute Gasteiger partial charge is 0.225 e. The van der Waals surface area contributed by atoms with E-state index in [1.54, 1.807) is 0 Å². The van der Waals surface area contributed by atoms with Gasteiger partial charge in [-0.1, -0.05) is 36.4 Å². The van der Waals surface area contributed by atoms with Crippen molar-refractivity contribution in [2.45, 2.75) is 13.0 Å². The molecule has 0 fully saturated rings. The highest BCUT2D eigenvalue weighted by Gasteiger charge is 2.19. The quantitative estimate of drug-likeness (QED) is 0.835. The molecule has 0 saturated heterocycles. The van der Waals surface area contributed by atoms with Gasteiger partial charge >= 0.3 is 0 Å². The lowest BCUT2D eigenvalue weighted by atomic mass is 10.2. The standard InChI is InChI=1S/C17H19FN2O3S/c1-20(13-14-6-3-2-4-7-14)24(22,23)11-10-17(21)19-16-9-5-8-15(18)12-16/h2-9,12H,10-11,13H2,1H3,(H,19,21). The lowest BCUT2D eigenvalue weighted by molar-refractivity contribution is -0.115. The summed E-state index contributed by atoms with van der Waals surface area (Å²) < 4.78 is 38.7. The first-order valence-corrected chi connectivity index (χ1v) is 9.01. The Hall–Kier alpha value is -2.25. The van der Waals surface area contributed by atoms with E-state index in [-0.39, 0.29) is 18.7 Å². The van der Waals surface area contributed by atoms with Crippen molar-refractivity contribution in [3.8, 4) is 0 Å². The average molecular weight is 350 g/mol. The molecule has 0 aromatic heterocycles. The van der Waals surface area contributed by atoms with E-state index in [1.807, 2.05) is 30.3 Å². The summed E-state index contributed by atoms with van der Waals surface area (Å²) >= 11 is 0. The lowest BCUT2D eigenvalue weighted by Gasteiger charge is -2.17. The number of amides is 1. The van der Waals surface area contributed by atoms with Crippen LogP contribution in [0, 0.1) is 5.82 Å². The average Bonchev–Trinajstić information content (AvgIpc) is 2.54. The molecule has 0 heterocycles. The van der Waals surface area contributed by atoms with Crippen molar-refractivity contribution in [2.75, 3.05) is 18.1 Å². The highest BCUT2D eigenvalue weighted by molar-refractivity contribution is 7.89. The van der Waals surface area contributed by atoms with Crippen LogP contribution in [0.25, 0.3) is 0 Å². The molecule has 1 N–H and O–H groups in total. The van der Waals surface area contributed by atoms with Crippen LogP contribution in [0.2, 0.25) is 0 Å². The number of hydrogen-bond acceptors (Lipinski definition) is 3. The van der Waals surface area contributed by atoms with E-state index in [4.69, 9.17) is 0 Å². The number of halogens is 1. The van der Waals surface area contributed by atoms with Crippen molar-refractivity contribution in [2.24, 2.45) is 0 Å². The van der Waals surface area contributed by atoms with Gasteiger partial charge in [0.05, 0.1) is 5.75 Å². The van der Waals surface area contributed by atoms with E-state index >= 15 is 0 Å². The third kappa shape index (κ3) is 5.43. The van der Waals surface area contributed by atoms with Crippen LogP contribution in [0.1, 0.15) is 12.0 Å². The van der Waals surface area contributed by atoms with Crippen LogP contribution >= 0.6 is 0 Å². The van der Waals surface area contributed by atoms with Crippen molar-refractivity contribution < 1.29 is 17.6 Å². The predicted octanol–water partition coefficient (Wildman–Crippen LogP) is 2.62. The fourth-order valence-electron chi connectivity index (χ4n) is 2.11. The second kappa shape index (κ2) is 8.03. The summed E-state index contributed by atoms with van der Waals surface area (Å²) in [5, 5.41) is 2.48. The molecule has 24 heavy (non-hydrogen) atoms. The first kappa shape index (κ1) is 18.1. The van der Waals surface area contributed by atoms with Crippen molar-refractivity contribution in [3.05, 3.63) is 66.0 Å². The minimum Gasteiger partial charge on any atom is -0.326 e. The largest absolute Gasteiger partial charge is 0.326 e. The number of carbonyl (C=O) groups is 1. The first-order chi connectivity index (χ1) is 11.4. The number of nitrogens with one attached hydrogen (secondary N) is 1. The highest BCUT2D eigenvalue weighted by atomic mass is 32.2. The lowest BCUT2D eigenvalue weighted by Crippen LogP contribution is -2.30. The van der Waals surface area contributed by atoms with Gasteiger partial charge in [0.1, 0.15) is 5.82 Å². The van der Waals surface area contributed by atoms with E-state index < -0.39 is 21.7 Å². The molecule has 0 unspecified atom stereocenters. The Bertz CT molecular complexity index is 794. The monoisotopic (exact) mass is 350 g/mol. The van der Waals surface area contributed by atoms with Crippen LogP contribution in [-0.2, 0) is 21.4 Å². The molecular formula is C17H19FN2O3S.